The average Bonchev–Trinajstić information content (AvgIpc) is 2.39. The highest BCUT2D eigenvalue weighted by molar-refractivity contribution is 7.89. The second kappa shape index (κ2) is 5.75. The molecular formula is C12H18ClN3O2S. The molecule has 0 spiro atoms. The van der Waals surface area contributed by atoms with E-state index in [9.17, 15) is 8.42 Å². The van der Waals surface area contributed by atoms with Gasteiger partial charge in [0, 0.05) is 31.9 Å². The van der Waals surface area contributed by atoms with E-state index in [0.29, 0.717) is 18.2 Å². The van der Waals surface area contributed by atoms with Crippen LogP contribution in [-0.2, 0) is 10.0 Å². The van der Waals surface area contributed by atoms with Gasteiger partial charge >= 0.3 is 0 Å². The number of aromatic nitrogens is 1. The lowest BCUT2D eigenvalue weighted by Gasteiger charge is -2.38. The summed E-state index contributed by atoms with van der Waals surface area (Å²) < 4.78 is 26.4. The molecule has 0 aromatic carbocycles. The number of pyridine rings is 1. The fourth-order valence-electron chi connectivity index (χ4n) is 2.31. The maximum atomic E-state index is 12.5. The standard InChI is InChI=1S/C12H18ClN3O2S/c1-3-15-6-7-16(9-10(15)2)19(17,18)11-4-5-12(13)14-8-11/h4-5,8,10H,3,6-7,9H2,1-2H3. The van der Waals surface area contributed by atoms with Crippen LogP contribution in [0, 0.1) is 0 Å². The van der Waals surface area contributed by atoms with Crippen LogP contribution in [0.15, 0.2) is 23.2 Å². The fourth-order valence-corrected chi connectivity index (χ4v) is 3.88. The van der Waals surface area contributed by atoms with Crippen molar-refractivity contribution in [1.82, 2.24) is 14.2 Å². The molecule has 0 aliphatic carbocycles. The Morgan fingerprint density at radius 1 is 1.42 bits per heavy atom. The molecule has 7 heteroatoms. The third kappa shape index (κ3) is 3.08. The summed E-state index contributed by atoms with van der Waals surface area (Å²) in [7, 11) is -3.46. The van der Waals surface area contributed by atoms with Gasteiger partial charge in [0.25, 0.3) is 0 Å². The van der Waals surface area contributed by atoms with Crippen LogP contribution in [-0.4, -0.2) is 54.8 Å². The van der Waals surface area contributed by atoms with E-state index < -0.39 is 10.0 Å². The Morgan fingerprint density at radius 3 is 2.68 bits per heavy atom. The molecule has 1 aliphatic rings. The second-order valence-corrected chi connectivity index (χ2v) is 6.98. The molecule has 1 unspecified atom stereocenters. The Kier molecular flexibility index (Phi) is 4.45. The van der Waals surface area contributed by atoms with Gasteiger partial charge in [0.15, 0.2) is 0 Å². The zero-order valence-electron chi connectivity index (χ0n) is 11.1. The van der Waals surface area contributed by atoms with Gasteiger partial charge in [0.2, 0.25) is 10.0 Å². The quantitative estimate of drug-likeness (QED) is 0.793. The topological polar surface area (TPSA) is 53.5 Å². The monoisotopic (exact) mass is 303 g/mol. The molecule has 0 radical (unpaired) electrons. The van der Waals surface area contributed by atoms with Gasteiger partial charge < -0.3 is 0 Å². The molecule has 0 N–H and O–H groups in total. The molecule has 0 saturated carbocycles. The van der Waals surface area contributed by atoms with Crippen molar-refractivity contribution in [2.45, 2.75) is 24.8 Å². The minimum Gasteiger partial charge on any atom is -0.298 e. The lowest BCUT2D eigenvalue weighted by molar-refractivity contribution is 0.135. The van der Waals surface area contributed by atoms with Gasteiger partial charge in [-0.05, 0) is 25.6 Å². The maximum absolute atomic E-state index is 12.5. The molecule has 5 nitrogen and oxygen atoms in total. The summed E-state index contributed by atoms with van der Waals surface area (Å²) in [5.74, 6) is 0. The van der Waals surface area contributed by atoms with E-state index in [1.807, 2.05) is 6.92 Å². The third-order valence-corrected chi connectivity index (χ3v) is 5.54. The lowest BCUT2D eigenvalue weighted by Crippen LogP contribution is -2.53. The molecule has 2 heterocycles. The fraction of sp³-hybridized carbons (Fsp3) is 0.583. The molecule has 1 aromatic heterocycles. The summed E-state index contributed by atoms with van der Waals surface area (Å²) >= 11 is 5.68. The Bertz CT molecular complexity index is 532. The van der Waals surface area contributed by atoms with Crippen molar-refractivity contribution >= 4 is 21.6 Å². The van der Waals surface area contributed by atoms with Crippen molar-refractivity contribution in [1.29, 1.82) is 0 Å². The van der Waals surface area contributed by atoms with E-state index in [-0.39, 0.29) is 10.9 Å². The Labute approximate surface area is 119 Å². The molecule has 1 fully saturated rings. The van der Waals surface area contributed by atoms with Crippen molar-refractivity contribution in [2.75, 3.05) is 26.2 Å². The van der Waals surface area contributed by atoms with E-state index in [0.717, 1.165) is 13.1 Å². The van der Waals surface area contributed by atoms with Crippen LogP contribution in [0.2, 0.25) is 5.15 Å². The molecule has 0 bridgehead atoms. The van der Waals surface area contributed by atoms with Crippen LogP contribution in [0.3, 0.4) is 0 Å². The van der Waals surface area contributed by atoms with Gasteiger partial charge in [-0.3, -0.25) is 4.90 Å². The van der Waals surface area contributed by atoms with Gasteiger partial charge in [-0.1, -0.05) is 18.5 Å². The number of sulfonamides is 1. The molecule has 19 heavy (non-hydrogen) atoms. The van der Waals surface area contributed by atoms with E-state index in [1.165, 1.54) is 22.6 Å². The molecule has 2 rings (SSSR count). The van der Waals surface area contributed by atoms with Crippen molar-refractivity contribution in [2.24, 2.45) is 0 Å². The number of halogens is 1. The Balaban J connectivity index is 2.19. The lowest BCUT2D eigenvalue weighted by atomic mass is 10.2. The third-order valence-electron chi connectivity index (χ3n) is 3.47. The first-order valence-corrected chi connectivity index (χ1v) is 8.12. The summed E-state index contributed by atoms with van der Waals surface area (Å²) in [6, 6.07) is 3.23. The summed E-state index contributed by atoms with van der Waals surface area (Å²) in [6.45, 7) is 6.87. The number of likely N-dealkylation sites (N-methyl/N-ethyl adjacent to an activating group) is 1. The van der Waals surface area contributed by atoms with Crippen molar-refractivity contribution in [3.05, 3.63) is 23.5 Å². The minimum atomic E-state index is -3.46. The molecule has 1 atom stereocenters. The largest absolute Gasteiger partial charge is 0.298 e. The predicted octanol–water partition coefficient (Wildman–Crippen LogP) is 1.45. The first-order valence-electron chi connectivity index (χ1n) is 6.31. The van der Waals surface area contributed by atoms with E-state index in [2.05, 4.69) is 16.8 Å². The van der Waals surface area contributed by atoms with E-state index in [4.69, 9.17) is 11.6 Å². The summed E-state index contributed by atoms with van der Waals surface area (Å²) in [5, 5.41) is 0.295. The normalized spacial score (nSPS) is 22.6. The van der Waals surface area contributed by atoms with Crippen molar-refractivity contribution in [3.63, 3.8) is 0 Å². The van der Waals surface area contributed by atoms with Crippen LogP contribution in [0.5, 0.6) is 0 Å². The highest BCUT2D eigenvalue weighted by Gasteiger charge is 2.31. The van der Waals surface area contributed by atoms with Crippen LogP contribution in [0.4, 0.5) is 0 Å². The number of rotatable bonds is 3. The molecule has 106 valence electrons. The Hall–Kier alpha value is -0.690. The zero-order valence-corrected chi connectivity index (χ0v) is 12.7. The van der Waals surface area contributed by atoms with E-state index in [1.54, 1.807) is 0 Å². The van der Waals surface area contributed by atoms with Gasteiger partial charge in [-0.25, -0.2) is 13.4 Å². The number of piperazine rings is 1. The molecular weight excluding hydrogens is 286 g/mol. The van der Waals surface area contributed by atoms with E-state index >= 15 is 0 Å². The van der Waals surface area contributed by atoms with Crippen molar-refractivity contribution in [3.8, 4) is 0 Å². The number of nitrogens with zero attached hydrogens (tertiary/aromatic N) is 3. The molecule has 1 saturated heterocycles. The molecule has 1 aromatic rings. The van der Waals surface area contributed by atoms with Crippen LogP contribution in [0.1, 0.15) is 13.8 Å². The average molecular weight is 304 g/mol. The maximum Gasteiger partial charge on any atom is 0.244 e. The molecule has 0 amide bonds. The first kappa shape index (κ1) is 14.7. The van der Waals surface area contributed by atoms with Gasteiger partial charge in [-0.2, -0.15) is 4.31 Å². The highest BCUT2D eigenvalue weighted by atomic mass is 35.5. The van der Waals surface area contributed by atoms with Gasteiger partial charge in [-0.15, -0.1) is 0 Å². The van der Waals surface area contributed by atoms with Crippen LogP contribution >= 0.6 is 11.6 Å². The SMILES string of the molecule is CCN1CCN(S(=O)(=O)c2ccc(Cl)nc2)CC1C. The number of hydrogen-bond donors (Lipinski definition) is 0. The smallest absolute Gasteiger partial charge is 0.244 e. The summed E-state index contributed by atoms with van der Waals surface area (Å²) in [4.78, 5) is 6.31. The first-order chi connectivity index (χ1) is 8.95. The highest BCUT2D eigenvalue weighted by Crippen LogP contribution is 2.20. The summed E-state index contributed by atoms with van der Waals surface area (Å²) in [5.41, 5.74) is 0. The molecule has 1 aliphatic heterocycles. The van der Waals surface area contributed by atoms with Crippen LogP contribution in [0.25, 0.3) is 0 Å². The minimum absolute atomic E-state index is 0.203. The van der Waals surface area contributed by atoms with Gasteiger partial charge in [0.05, 0.1) is 0 Å². The van der Waals surface area contributed by atoms with Crippen LogP contribution < -0.4 is 0 Å². The number of hydrogen-bond acceptors (Lipinski definition) is 4. The zero-order chi connectivity index (χ0) is 14.0. The van der Waals surface area contributed by atoms with Crippen molar-refractivity contribution < 1.29 is 8.42 Å². The Morgan fingerprint density at radius 2 is 2.16 bits per heavy atom. The predicted molar refractivity (Wildman–Crippen MR) is 74.7 cm³/mol. The second-order valence-electron chi connectivity index (χ2n) is 4.66. The van der Waals surface area contributed by atoms with Gasteiger partial charge in [0.1, 0.15) is 10.0 Å². The summed E-state index contributed by atoms with van der Waals surface area (Å²) in [6.07, 6.45) is 1.31.